The summed E-state index contributed by atoms with van der Waals surface area (Å²) in [6.45, 7) is 5.67. The molecule has 32 heavy (non-hydrogen) atoms. The third-order valence-electron chi connectivity index (χ3n) is 6.13. The minimum Gasteiger partial charge on any atom is -0.458 e. The monoisotopic (exact) mass is 455 g/mol. The van der Waals surface area contributed by atoms with Gasteiger partial charge in [0.1, 0.15) is 17.8 Å². The highest BCUT2D eigenvalue weighted by atomic mass is 16.6. The van der Waals surface area contributed by atoms with Gasteiger partial charge in [0.15, 0.2) is 6.10 Å². The fourth-order valence-corrected chi connectivity index (χ4v) is 4.86. The topological polar surface area (TPSA) is 117 Å². The van der Waals surface area contributed by atoms with Crippen LogP contribution >= 0.6 is 0 Å². The van der Waals surface area contributed by atoms with Gasteiger partial charge in [-0.1, -0.05) is 13.3 Å². The second-order valence-electron chi connectivity index (χ2n) is 8.89. The van der Waals surface area contributed by atoms with Crippen LogP contribution in [0.5, 0.6) is 0 Å². The number of fused-ring (bicyclic) bond motifs is 2. The Kier molecular flexibility index (Phi) is 9.78. The molecule has 9 nitrogen and oxygen atoms in total. The minimum absolute atomic E-state index is 0.204. The van der Waals surface area contributed by atoms with Gasteiger partial charge in [-0.3, -0.25) is 14.4 Å². The van der Waals surface area contributed by atoms with Gasteiger partial charge in [-0.05, 0) is 51.4 Å². The van der Waals surface area contributed by atoms with Crippen LogP contribution in [0, 0.1) is 0 Å². The largest absolute Gasteiger partial charge is 0.458 e. The fourth-order valence-electron chi connectivity index (χ4n) is 4.86. The van der Waals surface area contributed by atoms with Crippen LogP contribution in [0.2, 0.25) is 0 Å². The summed E-state index contributed by atoms with van der Waals surface area (Å²) < 4.78 is 21.9. The fraction of sp³-hybridized carbons (Fsp3) is 0.826. The van der Waals surface area contributed by atoms with Crippen molar-refractivity contribution in [3.63, 3.8) is 0 Å². The summed E-state index contributed by atoms with van der Waals surface area (Å²) in [6, 6.07) is 0.204. The number of nitrogens with one attached hydrogen (secondary N) is 1. The van der Waals surface area contributed by atoms with E-state index < -0.39 is 36.2 Å². The van der Waals surface area contributed by atoms with Gasteiger partial charge in [-0.15, -0.1) is 0 Å². The summed E-state index contributed by atoms with van der Waals surface area (Å²) in [5, 5.41) is 2.88. The third-order valence-corrected chi connectivity index (χ3v) is 6.13. The number of hydrogen-bond acceptors (Lipinski definition) is 8. The van der Waals surface area contributed by atoms with E-state index in [-0.39, 0.29) is 17.7 Å². The standard InChI is InChI=1S/C23H37NO8/c1-5-19(29-15(2)25)21(31-17(4)27)20(30-16(3)26)11-7-6-8-12-23-13-9-10-18(14-23)24-22(28)32-23/h18-21H,5-14H2,1-4H3,(H,24,28). The Hall–Kier alpha value is -2.32. The van der Waals surface area contributed by atoms with Gasteiger partial charge in [0.25, 0.3) is 0 Å². The summed E-state index contributed by atoms with van der Waals surface area (Å²) >= 11 is 0. The van der Waals surface area contributed by atoms with Crippen LogP contribution in [-0.4, -0.2) is 54.0 Å². The van der Waals surface area contributed by atoms with Gasteiger partial charge < -0.3 is 24.3 Å². The first kappa shape index (κ1) is 25.9. The molecule has 1 aliphatic carbocycles. The molecular formula is C23H37NO8. The van der Waals surface area contributed by atoms with Crippen LogP contribution in [0.3, 0.4) is 0 Å². The van der Waals surface area contributed by atoms with Crippen molar-refractivity contribution in [3.8, 4) is 0 Å². The molecule has 0 aromatic carbocycles. The summed E-state index contributed by atoms with van der Waals surface area (Å²) in [4.78, 5) is 46.7. The molecular weight excluding hydrogens is 418 g/mol. The van der Waals surface area contributed by atoms with Gasteiger partial charge >= 0.3 is 24.0 Å². The molecule has 0 spiro atoms. The van der Waals surface area contributed by atoms with Crippen molar-refractivity contribution in [1.29, 1.82) is 0 Å². The quantitative estimate of drug-likeness (QED) is 0.270. The molecule has 182 valence electrons. The molecule has 2 fully saturated rings. The lowest BCUT2D eigenvalue weighted by atomic mass is 9.77. The van der Waals surface area contributed by atoms with Crippen molar-refractivity contribution in [2.24, 2.45) is 0 Å². The molecule has 9 heteroatoms. The second kappa shape index (κ2) is 12.1. The Morgan fingerprint density at radius 3 is 2.31 bits per heavy atom. The van der Waals surface area contributed by atoms with Gasteiger partial charge in [-0.2, -0.15) is 0 Å². The molecule has 0 radical (unpaired) electrons. The van der Waals surface area contributed by atoms with E-state index in [0.717, 1.165) is 51.4 Å². The maximum Gasteiger partial charge on any atom is 0.407 e. The number of esters is 3. The first-order chi connectivity index (χ1) is 15.1. The molecule has 1 N–H and O–H groups in total. The molecule has 0 aromatic rings. The van der Waals surface area contributed by atoms with Crippen LogP contribution < -0.4 is 5.32 Å². The summed E-state index contributed by atoms with van der Waals surface area (Å²) in [6.07, 6.45) is 5.28. The second-order valence-corrected chi connectivity index (χ2v) is 8.89. The van der Waals surface area contributed by atoms with Crippen LogP contribution in [0.1, 0.15) is 91.9 Å². The van der Waals surface area contributed by atoms with Gasteiger partial charge in [0.05, 0.1) is 0 Å². The number of unbranched alkanes of at least 4 members (excludes halogenated alkanes) is 2. The van der Waals surface area contributed by atoms with E-state index in [1.54, 1.807) is 0 Å². The van der Waals surface area contributed by atoms with Crippen LogP contribution in [0.15, 0.2) is 0 Å². The average molecular weight is 456 g/mol. The first-order valence-corrected chi connectivity index (χ1v) is 11.7. The first-order valence-electron chi connectivity index (χ1n) is 11.7. The molecule has 2 rings (SSSR count). The smallest absolute Gasteiger partial charge is 0.407 e. The van der Waals surface area contributed by atoms with Crippen LogP contribution in [0.25, 0.3) is 0 Å². The summed E-state index contributed by atoms with van der Waals surface area (Å²) in [5.74, 6) is -1.51. The molecule has 5 atom stereocenters. The number of rotatable bonds is 12. The number of ether oxygens (including phenoxy) is 4. The zero-order valence-electron chi connectivity index (χ0n) is 19.6. The Bertz CT molecular complexity index is 681. The predicted octanol–water partition coefficient (Wildman–Crippen LogP) is 3.56. The molecule has 2 aliphatic rings. The Morgan fingerprint density at radius 1 is 1.03 bits per heavy atom. The lowest BCUT2D eigenvalue weighted by Crippen LogP contribution is -2.55. The maximum absolute atomic E-state index is 11.8. The summed E-state index contributed by atoms with van der Waals surface area (Å²) in [5.41, 5.74) is -0.372. The van der Waals surface area contributed by atoms with Gasteiger partial charge in [0.2, 0.25) is 0 Å². The van der Waals surface area contributed by atoms with Crippen molar-refractivity contribution < 1.29 is 38.1 Å². The average Bonchev–Trinajstić information content (AvgIpc) is 2.68. The third kappa shape index (κ3) is 7.98. The van der Waals surface area contributed by atoms with Crippen molar-refractivity contribution in [2.45, 2.75) is 122 Å². The SMILES string of the molecule is CCC(OC(C)=O)C(OC(C)=O)C(CCCCCC12CCCC(C1)NC(=O)O2)OC(C)=O. The molecule has 1 saturated heterocycles. The predicted molar refractivity (Wildman–Crippen MR) is 115 cm³/mol. The zero-order chi connectivity index (χ0) is 23.7. The maximum atomic E-state index is 11.8. The number of hydrogen-bond donors (Lipinski definition) is 1. The Labute approximate surface area is 189 Å². The number of amides is 1. The normalized spacial score (nSPS) is 24.9. The van der Waals surface area contributed by atoms with E-state index in [1.807, 2.05) is 6.92 Å². The molecule has 1 aliphatic heterocycles. The highest BCUT2D eigenvalue weighted by Crippen LogP contribution is 2.39. The van der Waals surface area contributed by atoms with Gasteiger partial charge in [0, 0.05) is 33.2 Å². The lowest BCUT2D eigenvalue weighted by Gasteiger charge is -2.44. The van der Waals surface area contributed by atoms with Crippen molar-refractivity contribution in [3.05, 3.63) is 0 Å². The van der Waals surface area contributed by atoms with E-state index >= 15 is 0 Å². The molecule has 5 unspecified atom stereocenters. The van der Waals surface area contributed by atoms with E-state index in [2.05, 4.69) is 5.32 Å². The highest BCUT2D eigenvalue weighted by molar-refractivity contribution is 5.69. The van der Waals surface area contributed by atoms with Crippen molar-refractivity contribution in [2.75, 3.05) is 0 Å². The minimum atomic E-state index is -0.867. The van der Waals surface area contributed by atoms with Crippen molar-refractivity contribution in [1.82, 2.24) is 5.32 Å². The Morgan fingerprint density at radius 2 is 1.69 bits per heavy atom. The van der Waals surface area contributed by atoms with E-state index in [0.29, 0.717) is 12.8 Å². The van der Waals surface area contributed by atoms with Gasteiger partial charge in [-0.25, -0.2) is 4.79 Å². The molecule has 1 heterocycles. The van der Waals surface area contributed by atoms with E-state index in [1.165, 1.54) is 20.8 Å². The lowest BCUT2D eigenvalue weighted by molar-refractivity contribution is -0.183. The Balaban J connectivity index is 1.93. The van der Waals surface area contributed by atoms with Crippen LogP contribution in [-0.2, 0) is 33.3 Å². The summed E-state index contributed by atoms with van der Waals surface area (Å²) in [7, 11) is 0. The molecule has 1 amide bonds. The number of carbonyl (C=O) groups is 4. The highest BCUT2D eigenvalue weighted by Gasteiger charge is 2.43. The van der Waals surface area contributed by atoms with E-state index in [4.69, 9.17) is 18.9 Å². The molecule has 2 bridgehead atoms. The number of carbonyl (C=O) groups excluding carboxylic acids is 4. The molecule has 0 aromatic heterocycles. The van der Waals surface area contributed by atoms with E-state index in [9.17, 15) is 19.2 Å². The van der Waals surface area contributed by atoms with Crippen LogP contribution in [0.4, 0.5) is 4.79 Å². The molecule has 1 saturated carbocycles. The van der Waals surface area contributed by atoms with Crippen molar-refractivity contribution >= 4 is 24.0 Å². The zero-order valence-corrected chi connectivity index (χ0v) is 19.6. The number of alkyl carbamates (subject to hydrolysis) is 1.